The summed E-state index contributed by atoms with van der Waals surface area (Å²) in [6, 6.07) is 6.09. The van der Waals surface area contributed by atoms with E-state index in [1.165, 1.54) is 0 Å². The normalized spacial score (nSPS) is 12.6. The molecule has 2 aromatic heterocycles. The lowest BCUT2D eigenvalue weighted by Gasteiger charge is -2.09. The van der Waals surface area contributed by atoms with Gasteiger partial charge in [-0.15, -0.1) is 0 Å². The van der Waals surface area contributed by atoms with Gasteiger partial charge in [0.05, 0.1) is 12.2 Å². The molecule has 0 fully saturated rings. The molecule has 4 heteroatoms. The number of hydrogen-bond acceptors (Lipinski definition) is 4. The standard InChI is InChI=1S/C13H17N3O/c1-10-9-16-13(17-10)11(2)14-8-6-12-5-3-4-7-15-12/h3-5,7,9,11,14H,6,8H2,1-2H3. The second kappa shape index (κ2) is 5.59. The number of aromatic nitrogens is 2. The van der Waals surface area contributed by atoms with Crippen LogP contribution in [0.15, 0.2) is 35.0 Å². The minimum absolute atomic E-state index is 0.132. The molecule has 1 unspecified atom stereocenters. The van der Waals surface area contributed by atoms with E-state index >= 15 is 0 Å². The molecule has 2 aromatic rings. The minimum atomic E-state index is 0.132. The molecule has 1 atom stereocenters. The number of rotatable bonds is 5. The molecule has 0 aliphatic heterocycles. The van der Waals surface area contributed by atoms with Gasteiger partial charge in [0.15, 0.2) is 0 Å². The van der Waals surface area contributed by atoms with Crippen LogP contribution in [0.2, 0.25) is 0 Å². The van der Waals surface area contributed by atoms with Crippen molar-refractivity contribution in [1.29, 1.82) is 0 Å². The van der Waals surface area contributed by atoms with Gasteiger partial charge in [0, 0.05) is 24.9 Å². The minimum Gasteiger partial charge on any atom is -0.444 e. The van der Waals surface area contributed by atoms with Gasteiger partial charge in [-0.25, -0.2) is 4.98 Å². The Balaban J connectivity index is 1.79. The van der Waals surface area contributed by atoms with Crippen molar-refractivity contribution in [2.75, 3.05) is 6.54 Å². The summed E-state index contributed by atoms with van der Waals surface area (Å²) in [5.41, 5.74) is 1.09. The van der Waals surface area contributed by atoms with Gasteiger partial charge in [0.25, 0.3) is 0 Å². The summed E-state index contributed by atoms with van der Waals surface area (Å²) < 4.78 is 5.46. The molecule has 0 amide bonds. The summed E-state index contributed by atoms with van der Waals surface area (Å²) in [5.74, 6) is 1.59. The number of oxazole rings is 1. The first kappa shape index (κ1) is 11.8. The predicted octanol–water partition coefficient (Wildman–Crippen LogP) is 2.27. The van der Waals surface area contributed by atoms with Crippen molar-refractivity contribution in [3.8, 4) is 0 Å². The van der Waals surface area contributed by atoms with Gasteiger partial charge in [-0.2, -0.15) is 0 Å². The Kier molecular flexibility index (Phi) is 3.88. The van der Waals surface area contributed by atoms with E-state index in [1.54, 1.807) is 6.20 Å². The van der Waals surface area contributed by atoms with Gasteiger partial charge in [0.2, 0.25) is 5.89 Å². The van der Waals surface area contributed by atoms with Crippen molar-refractivity contribution in [2.24, 2.45) is 0 Å². The van der Waals surface area contributed by atoms with E-state index < -0.39 is 0 Å². The van der Waals surface area contributed by atoms with Crippen LogP contribution in [0.4, 0.5) is 0 Å². The monoisotopic (exact) mass is 231 g/mol. The first-order chi connectivity index (χ1) is 8.25. The first-order valence-electron chi connectivity index (χ1n) is 5.81. The van der Waals surface area contributed by atoms with E-state index in [2.05, 4.69) is 15.3 Å². The van der Waals surface area contributed by atoms with Gasteiger partial charge >= 0.3 is 0 Å². The maximum Gasteiger partial charge on any atom is 0.211 e. The largest absolute Gasteiger partial charge is 0.444 e. The second-order valence-corrected chi connectivity index (χ2v) is 4.06. The summed E-state index contributed by atoms with van der Waals surface area (Å²) in [5, 5.41) is 3.36. The van der Waals surface area contributed by atoms with E-state index in [0.29, 0.717) is 0 Å². The quantitative estimate of drug-likeness (QED) is 0.857. The molecule has 0 saturated heterocycles. The van der Waals surface area contributed by atoms with E-state index in [0.717, 1.165) is 30.3 Å². The molecule has 4 nitrogen and oxygen atoms in total. The summed E-state index contributed by atoms with van der Waals surface area (Å²) in [6.07, 6.45) is 4.47. The molecule has 0 bridgehead atoms. The highest BCUT2D eigenvalue weighted by molar-refractivity contribution is 5.04. The topological polar surface area (TPSA) is 51.0 Å². The first-order valence-corrected chi connectivity index (χ1v) is 5.81. The molecule has 0 radical (unpaired) electrons. The molecule has 0 aliphatic rings. The number of aryl methyl sites for hydroxylation is 1. The van der Waals surface area contributed by atoms with E-state index in [-0.39, 0.29) is 6.04 Å². The molecular formula is C13H17N3O. The third kappa shape index (κ3) is 3.39. The van der Waals surface area contributed by atoms with Crippen molar-refractivity contribution >= 4 is 0 Å². The fraction of sp³-hybridized carbons (Fsp3) is 0.385. The van der Waals surface area contributed by atoms with Crippen molar-refractivity contribution in [1.82, 2.24) is 15.3 Å². The zero-order chi connectivity index (χ0) is 12.1. The Hall–Kier alpha value is -1.68. The molecule has 0 spiro atoms. The summed E-state index contributed by atoms with van der Waals surface area (Å²) >= 11 is 0. The lowest BCUT2D eigenvalue weighted by Crippen LogP contribution is -2.21. The summed E-state index contributed by atoms with van der Waals surface area (Å²) in [7, 11) is 0. The van der Waals surface area contributed by atoms with Gasteiger partial charge in [0.1, 0.15) is 5.76 Å². The summed E-state index contributed by atoms with van der Waals surface area (Å²) in [6.45, 7) is 4.81. The lowest BCUT2D eigenvalue weighted by atomic mass is 10.2. The van der Waals surface area contributed by atoms with E-state index in [4.69, 9.17) is 4.42 Å². The van der Waals surface area contributed by atoms with Crippen LogP contribution in [0.3, 0.4) is 0 Å². The van der Waals surface area contributed by atoms with E-state index in [1.807, 2.05) is 38.2 Å². The lowest BCUT2D eigenvalue weighted by molar-refractivity contribution is 0.404. The fourth-order valence-corrected chi connectivity index (χ4v) is 1.62. The third-order valence-electron chi connectivity index (χ3n) is 2.57. The Bertz CT molecular complexity index is 453. The van der Waals surface area contributed by atoms with E-state index in [9.17, 15) is 0 Å². The summed E-state index contributed by atoms with van der Waals surface area (Å²) in [4.78, 5) is 8.47. The molecule has 1 N–H and O–H groups in total. The molecule has 90 valence electrons. The van der Waals surface area contributed by atoms with Gasteiger partial charge in [-0.3, -0.25) is 4.98 Å². The number of nitrogens with zero attached hydrogens (tertiary/aromatic N) is 2. The average Bonchev–Trinajstić information content (AvgIpc) is 2.77. The van der Waals surface area contributed by atoms with Crippen molar-refractivity contribution in [2.45, 2.75) is 26.3 Å². The van der Waals surface area contributed by atoms with Crippen LogP contribution in [0.5, 0.6) is 0 Å². The highest BCUT2D eigenvalue weighted by atomic mass is 16.4. The maximum absolute atomic E-state index is 5.46. The molecule has 2 heterocycles. The predicted molar refractivity (Wildman–Crippen MR) is 65.6 cm³/mol. The Morgan fingerprint density at radius 1 is 1.35 bits per heavy atom. The van der Waals surface area contributed by atoms with Crippen molar-refractivity contribution in [3.63, 3.8) is 0 Å². The zero-order valence-electron chi connectivity index (χ0n) is 10.2. The van der Waals surface area contributed by atoms with Crippen molar-refractivity contribution in [3.05, 3.63) is 47.9 Å². The Labute approximate surface area is 101 Å². The molecule has 0 aliphatic carbocycles. The SMILES string of the molecule is Cc1cnc(C(C)NCCc2ccccn2)o1. The van der Waals surface area contributed by atoms with Crippen LogP contribution in [-0.2, 0) is 6.42 Å². The second-order valence-electron chi connectivity index (χ2n) is 4.06. The fourth-order valence-electron chi connectivity index (χ4n) is 1.62. The molecule has 0 aromatic carbocycles. The van der Waals surface area contributed by atoms with Crippen LogP contribution in [0.1, 0.15) is 30.3 Å². The number of nitrogens with one attached hydrogen (secondary N) is 1. The van der Waals surface area contributed by atoms with Gasteiger partial charge in [-0.05, 0) is 26.0 Å². The molecule has 17 heavy (non-hydrogen) atoms. The van der Waals surface area contributed by atoms with Gasteiger partial charge < -0.3 is 9.73 Å². The van der Waals surface area contributed by atoms with Crippen LogP contribution in [0.25, 0.3) is 0 Å². The number of hydrogen-bond donors (Lipinski definition) is 1. The highest BCUT2D eigenvalue weighted by Crippen LogP contribution is 2.11. The third-order valence-corrected chi connectivity index (χ3v) is 2.57. The van der Waals surface area contributed by atoms with Crippen LogP contribution in [-0.4, -0.2) is 16.5 Å². The van der Waals surface area contributed by atoms with Crippen LogP contribution < -0.4 is 5.32 Å². The molecule has 2 rings (SSSR count). The molecular weight excluding hydrogens is 214 g/mol. The highest BCUT2D eigenvalue weighted by Gasteiger charge is 2.09. The number of pyridine rings is 1. The smallest absolute Gasteiger partial charge is 0.211 e. The molecule has 0 saturated carbocycles. The average molecular weight is 231 g/mol. The maximum atomic E-state index is 5.46. The zero-order valence-corrected chi connectivity index (χ0v) is 10.2. The van der Waals surface area contributed by atoms with Crippen LogP contribution in [0, 0.1) is 6.92 Å². The van der Waals surface area contributed by atoms with Gasteiger partial charge in [-0.1, -0.05) is 6.07 Å². The van der Waals surface area contributed by atoms with Crippen molar-refractivity contribution < 1.29 is 4.42 Å². The Morgan fingerprint density at radius 3 is 2.88 bits per heavy atom. The van der Waals surface area contributed by atoms with Crippen LogP contribution >= 0.6 is 0 Å². The Morgan fingerprint density at radius 2 is 2.24 bits per heavy atom.